The average molecular weight is 240 g/mol. The smallest absolute Gasteiger partial charge is 0.0795 e. The molecule has 1 atom stereocenters. The lowest BCUT2D eigenvalue weighted by atomic mass is 9.86. The molecule has 0 spiro atoms. The molecule has 1 unspecified atom stereocenters. The van der Waals surface area contributed by atoms with Gasteiger partial charge in [-0.25, -0.2) is 4.98 Å². The van der Waals surface area contributed by atoms with Gasteiger partial charge in [-0.1, -0.05) is 0 Å². The lowest BCUT2D eigenvalue weighted by molar-refractivity contribution is 0.172. The number of nitrogens with one attached hydrogen (secondary N) is 1. The molecule has 1 fully saturated rings. The zero-order valence-corrected chi connectivity index (χ0v) is 10.5. The maximum absolute atomic E-state index is 9.08. The minimum atomic E-state index is 0.349. The van der Waals surface area contributed by atoms with Crippen LogP contribution in [-0.2, 0) is 0 Å². The molecule has 1 heterocycles. The largest absolute Gasteiger partial charge is 0.396 e. The summed E-state index contributed by atoms with van der Waals surface area (Å²) in [6.07, 6.45) is 4.66. The molecule has 16 heavy (non-hydrogen) atoms. The fourth-order valence-electron chi connectivity index (χ4n) is 2.39. The van der Waals surface area contributed by atoms with E-state index in [1.165, 1.54) is 12.8 Å². The van der Waals surface area contributed by atoms with Crippen LogP contribution in [0.1, 0.15) is 44.3 Å². The van der Waals surface area contributed by atoms with Crippen LogP contribution in [0.2, 0.25) is 0 Å². The second-order valence-corrected chi connectivity index (χ2v) is 5.42. The average Bonchev–Trinajstić information content (AvgIpc) is 2.83. The van der Waals surface area contributed by atoms with Gasteiger partial charge in [0.05, 0.1) is 11.2 Å². The van der Waals surface area contributed by atoms with Crippen LogP contribution in [0.3, 0.4) is 0 Å². The van der Waals surface area contributed by atoms with E-state index in [1.807, 2.05) is 5.51 Å². The first kappa shape index (κ1) is 12.0. The number of hydrogen-bond donors (Lipinski definition) is 2. The summed E-state index contributed by atoms with van der Waals surface area (Å²) in [6, 6.07) is 0.946. The van der Waals surface area contributed by atoms with Gasteiger partial charge in [0.1, 0.15) is 0 Å². The van der Waals surface area contributed by atoms with E-state index < -0.39 is 0 Å². The highest BCUT2D eigenvalue weighted by molar-refractivity contribution is 7.07. The summed E-state index contributed by atoms with van der Waals surface area (Å²) >= 11 is 1.65. The second-order valence-electron chi connectivity index (χ2n) is 4.70. The molecule has 0 amide bonds. The Morgan fingerprint density at radius 1 is 1.50 bits per heavy atom. The second kappa shape index (κ2) is 5.75. The minimum Gasteiger partial charge on any atom is -0.396 e. The Labute approximate surface area is 101 Å². The van der Waals surface area contributed by atoms with Gasteiger partial charge in [0.25, 0.3) is 0 Å². The van der Waals surface area contributed by atoms with Gasteiger partial charge >= 0.3 is 0 Å². The van der Waals surface area contributed by atoms with Crippen molar-refractivity contribution in [3.05, 3.63) is 16.6 Å². The van der Waals surface area contributed by atoms with E-state index in [9.17, 15) is 0 Å². The molecule has 0 radical (unpaired) electrons. The van der Waals surface area contributed by atoms with E-state index in [1.54, 1.807) is 11.3 Å². The molecular formula is C12H20N2OS. The van der Waals surface area contributed by atoms with Crippen molar-refractivity contribution in [3.8, 4) is 0 Å². The fourth-order valence-corrected chi connectivity index (χ4v) is 3.03. The van der Waals surface area contributed by atoms with Crippen LogP contribution in [-0.4, -0.2) is 22.7 Å². The molecule has 4 heteroatoms. The van der Waals surface area contributed by atoms with Crippen LogP contribution in [0, 0.1) is 5.92 Å². The van der Waals surface area contributed by atoms with E-state index in [0.29, 0.717) is 24.6 Å². The number of aliphatic hydroxyl groups is 1. The first-order valence-electron chi connectivity index (χ1n) is 6.04. The predicted octanol–water partition coefficient (Wildman–Crippen LogP) is 2.34. The van der Waals surface area contributed by atoms with Gasteiger partial charge in [-0.15, -0.1) is 11.3 Å². The van der Waals surface area contributed by atoms with Crippen LogP contribution >= 0.6 is 11.3 Å². The number of nitrogens with zero attached hydrogens (tertiary/aromatic N) is 1. The topological polar surface area (TPSA) is 45.1 Å². The molecule has 0 bridgehead atoms. The summed E-state index contributed by atoms with van der Waals surface area (Å²) in [7, 11) is 0. The summed E-state index contributed by atoms with van der Waals surface area (Å²) in [6.45, 7) is 2.53. The third-order valence-corrected chi connectivity index (χ3v) is 4.09. The van der Waals surface area contributed by atoms with Crippen molar-refractivity contribution in [2.45, 2.75) is 44.7 Å². The summed E-state index contributed by atoms with van der Waals surface area (Å²) < 4.78 is 0. The Morgan fingerprint density at radius 3 is 2.81 bits per heavy atom. The maximum Gasteiger partial charge on any atom is 0.0795 e. The Kier molecular flexibility index (Phi) is 4.32. The van der Waals surface area contributed by atoms with Crippen molar-refractivity contribution in [3.63, 3.8) is 0 Å². The van der Waals surface area contributed by atoms with E-state index >= 15 is 0 Å². The zero-order chi connectivity index (χ0) is 11.4. The van der Waals surface area contributed by atoms with Crippen LogP contribution in [0.5, 0.6) is 0 Å². The highest BCUT2D eigenvalue weighted by Gasteiger charge is 2.22. The molecule has 1 aromatic rings. The molecule has 3 nitrogen and oxygen atoms in total. The van der Waals surface area contributed by atoms with Gasteiger partial charge in [0.2, 0.25) is 0 Å². The predicted molar refractivity (Wildman–Crippen MR) is 66.5 cm³/mol. The molecular weight excluding hydrogens is 220 g/mol. The van der Waals surface area contributed by atoms with E-state index in [4.69, 9.17) is 5.11 Å². The van der Waals surface area contributed by atoms with Crippen molar-refractivity contribution >= 4 is 11.3 Å². The van der Waals surface area contributed by atoms with E-state index in [2.05, 4.69) is 22.6 Å². The Bertz CT molecular complexity index is 294. The highest BCUT2D eigenvalue weighted by atomic mass is 32.1. The molecule has 2 rings (SSSR count). The summed E-state index contributed by atoms with van der Waals surface area (Å²) in [5.41, 5.74) is 3.03. The van der Waals surface area contributed by atoms with Crippen LogP contribution in [0.4, 0.5) is 0 Å². The Hall–Kier alpha value is -0.450. The highest BCUT2D eigenvalue weighted by Crippen LogP contribution is 2.25. The maximum atomic E-state index is 9.08. The van der Waals surface area contributed by atoms with Crippen LogP contribution in [0.25, 0.3) is 0 Å². The molecule has 0 saturated heterocycles. The number of rotatable bonds is 4. The third-order valence-electron chi connectivity index (χ3n) is 3.49. The molecule has 90 valence electrons. The molecule has 1 aliphatic rings. The third kappa shape index (κ3) is 3.03. The monoisotopic (exact) mass is 240 g/mol. The fraction of sp³-hybridized carbons (Fsp3) is 0.750. The molecule has 1 saturated carbocycles. The van der Waals surface area contributed by atoms with Crippen molar-refractivity contribution in [2.75, 3.05) is 6.61 Å². The standard InChI is InChI=1S/C12H20N2OS/c1-9(12-7-16-8-13-12)14-11-4-2-10(6-15)3-5-11/h7-11,14-15H,2-6H2,1H3. The van der Waals surface area contributed by atoms with Gasteiger partial charge in [-0.2, -0.15) is 0 Å². The normalized spacial score (nSPS) is 27.9. The van der Waals surface area contributed by atoms with Crippen molar-refractivity contribution in [1.82, 2.24) is 10.3 Å². The lowest BCUT2D eigenvalue weighted by Gasteiger charge is -2.30. The molecule has 2 N–H and O–H groups in total. The van der Waals surface area contributed by atoms with Crippen molar-refractivity contribution in [1.29, 1.82) is 0 Å². The summed E-state index contributed by atoms with van der Waals surface area (Å²) in [5, 5.41) is 14.8. The summed E-state index contributed by atoms with van der Waals surface area (Å²) in [5.74, 6) is 0.535. The summed E-state index contributed by atoms with van der Waals surface area (Å²) in [4.78, 5) is 4.33. The number of hydrogen-bond acceptors (Lipinski definition) is 4. The quantitative estimate of drug-likeness (QED) is 0.849. The Morgan fingerprint density at radius 2 is 2.25 bits per heavy atom. The van der Waals surface area contributed by atoms with Gasteiger partial charge in [0, 0.05) is 24.1 Å². The first-order valence-corrected chi connectivity index (χ1v) is 6.99. The van der Waals surface area contributed by atoms with E-state index in [0.717, 1.165) is 18.5 Å². The Balaban J connectivity index is 1.78. The van der Waals surface area contributed by atoms with Crippen molar-refractivity contribution < 1.29 is 5.11 Å². The SMILES string of the molecule is CC(NC1CCC(CO)CC1)c1cscn1. The minimum absolute atomic E-state index is 0.349. The molecule has 1 aliphatic carbocycles. The number of aromatic nitrogens is 1. The zero-order valence-electron chi connectivity index (χ0n) is 9.72. The number of thiazole rings is 1. The van der Waals surface area contributed by atoms with Gasteiger partial charge in [-0.05, 0) is 38.5 Å². The molecule has 1 aromatic heterocycles. The van der Waals surface area contributed by atoms with Gasteiger partial charge in [0.15, 0.2) is 0 Å². The number of aliphatic hydroxyl groups excluding tert-OH is 1. The van der Waals surface area contributed by atoms with Gasteiger partial charge < -0.3 is 10.4 Å². The van der Waals surface area contributed by atoms with E-state index in [-0.39, 0.29) is 0 Å². The van der Waals surface area contributed by atoms with Gasteiger partial charge in [-0.3, -0.25) is 0 Å². The lowest BCUT2D eigenvalue weighted by Crippen LogP contribution is -2.35. The molecule has 0 aromatic carbocycles. The first-order chi connectivity index (χ1) is 7.79. The van der Waals surface area contributed by atoms with Crippen LogP contribution < -0.4 is 5.32 Å². The van der Waals surface area contributed by atoms with Crippen LogP contribution in [0.15, 0.2) is 10.9 Å². The molecule has 0 aliphatic heterocycles. The van der Waals surface area contributed by atoms with Crippen molar-refractivity contribution in [2.24, 2.45) is 5.92 Å².